The summed E-state index contributed by atoms with van der Waals surface area (Å²) in [6.45, 7) is 11.1. The number of hydrogen-bond donors (Lipinski definition) is 0. The van der Waals surface area contributed by atoms with Crippen LogP contribution in [0.3, 0.4) is 0 Å². The van der Waals surface area contributed by atoms with Crippen LogP contribution in [0.4, 0.5) is 0 Å². The van der Waals surface area contributed by atoms with Gasteiger partial charge in [-0.15, -0.1) is 0 Å². The minimum Gasteiger partial charge on any atom is -0.303 e. The average molecular weight is 197 g/mol. The van der Waals surface area contributed by atoms with Crippen LogP contribution in [0.2, 0.25) is 0 Å². The number of rotatable bonds is 4. The lowest BCUT2D eigenvalue weighted by Gasteiger charge is -2.27. The van der Waals surface area contributed by atoms with Crippen LogP contribution in [0.25, 0.3) is 0 Å². The van der Waals surface area contributed by atoms with Gasteiger partial charge in [0.25, 0.3) is 0 Å². The first-order valence-electron chi connectivity index (χ1n) is 6.46. The molecule has 0 aromatic heterocycles. The first-order valence-corrected chi connectivity index (χ1v) is 6.46. The predicted octanol–water partition coefficient (Wildman–Crippen LogP) is 3.54. The van der Waals surface area contributed by atoms with Gasteiger partial charge in [-0.3, -0.25) is 0 Å². The van der Waals surface area contributed by atoms with Gasteiger partial charge >= 0.3 is 0 Å². The normalized spacial score (nSPS) is 24.2. The maximum atomic E-state index is 2.68. The number of nitrogens with zero attached hydrogens (tertiary/aromatic N) is 1. The molecule has 84 valence electrons. The molecule has 1 heterocycles. The Morgan fingerprint density at radius 2 is 1.50 bits per heavy atom. The van der Waals surface area contributed by atoms with E-state index >= 15 is 0 Å². The number of likely N-dealkylation sites (tertiary alicyclic amines) is 1. The molecular formula is C13H27N. The molecule has 1 heteroatoms. The van der Waals surface area contributed by atoms with E-state index in [1.807, 2.05) is 0 Å². The van der Waals surface area contributed by atoms with Gasteiger partial charge in [0.05, 0.1) is 0 Å². The van der Waals surface area contributed by atoms with Crippen LogP contribution in [0.1, 0.15) is 52.9 Å². The lowest BCUT2D eigenvalue weighted by Crippen LogP contribution is -2.31. The third-order valence-corrected chi connectivity index (χ3v) is 3.86. The molecule has 0 bridgehead atoms. The zero-order valence-corrected chi connectivity index (χ0v) is 10.3. The van der Waals surface area contributed by atoms with Crippen LogP contribution < -0.4 is 0 Å². The van der Waals surface area contributed by atoms with Gasteiger partial charge in [-0.1, -0.05) is 40.0 Å². The molecule has 1 aliphatic rings. The summed E-state index contributed by atoms with van der Waals surface area (Å²) in [5.74, 6) is 1.76. The van der Waals surface area contributed by atoms with E-state index < -0.39 is 0 Å². The molecule has 1 aliphatic heterocycles. The van der Waals surface area contributed by atoms with Gasteiger partial charge in [0.15, 0.2) is 0 Å². The van der Waals surface area contributed by atoms with E-state index in [0.717, 1.165) is 11.8 Å². The van der Waals surface area contributed by atoms with Crippen molar-refractivity contribution in [2.75, 3.05) is 19.6 Å². The highest BCUT2D eigenvalue weighted by atomic mass is 15.1. The lowest BCUT2D eigenvalue weighted by atomic mass is 9.93. The monoisotopic (exact) mass is 197 g/mol. The van der Waals surface area contributed by atoms with Crippen molar-refractivity contribution in [2.45, 2.75) is 52.9 Å². The first-order chi connectivity index (χ1) is 6.74. The molecule has 0 N–H and O–H groups in total. The molecule has 2 unspecified atom stereocenters. The van der Waals surface area contributed by atoms with Gasteiger partial charge in [-0.2, -0.15) is 0 Å². The third-order valence-electron chi connectivity index (χ3n) is 3.86. The predicted molar refractivity (Wildman–Crippen MR) is 63.5 cm³/mol. The summed E-state index contributed by atoms with van der Waals surface area (Å²) in [5, 5.41) is 0. The van der Waals surface area contributed by atoms with E-state index in [0.29, 0.717) is 0 Å². The van der Waals surface area contributed by atoms with E-state index in [1.165, 1.54) is 51.7 Å². The zero-order valence-electron chi connectivity index (χ0n) is 10.3. The van der Waals surface area contributed by atoms with Crippen molar-refractivity contribution in [2.24, 2.45) is 11.8 Å². The van der Waals surface area contributed by atoms with E-state index in [-0.39, 0.29) is 0 Å². The van der Waals surface area contributed by atoms with Gasteiger partial charge < -0.3 is 4.90 Å². The Morgan fingerprint density at radius 3 is 2.00 bits per heavy atom. The molecule has 1 nitrogen and oxygen atoms in total. The standard InChI is InChI=1S/C13H27N/c1-4-12(2)13(3)11-14-9-7-5-6-8-10-14/h12-13H,4-11H2,1-3H3. The summed E-state index contributed by atoms with van der Waals surface area (Å²) in [6, 6.07) is 0. The maximum Gasteiger partial charge on any atom is 0.000956 e. The van der Waals surface area contributed by atoms with Crippen molar-refractivity contribution in [3.05, 3.63) is 0 Å². The molecule has 0 saturated carbocycles. The quantitative estimate of drug-likeness (QED) is 0.666. The second-order valence-electron chi connectivity index (χ2n) is 5.08. The van der Waals surface area contributed by atoms with Crippen LogP contribution in [0.5, 0.6) is 0 Å². The maximum absolute atomic E-state index is 2.68. The smallest absolute Gasteiger partial charge is 0.000956 e. The van der Waals surface area contributed by atoms with Gasteiger partial charge in [-0.25, -0.2) is 0 Å². The van der Waals surface area contributed by atoms with Gasteiger partial charge in [-0.05, 0) is 37.8 Å². The highest BCUT2D eigenvalue weighted by Crippen LogP contribution is 2.18. The molecule has 0 aliphatic carbocycles. The molecule has 0 aromatic carbocycles. The van der Waals surface area contributed by atoms with Crippen LogP contribution >= 0.6 is 0 Å². The largest absolute Gasteiger partial charge is 0.303 e. The van der Waals surface area contributed by atoms with Crippen molar-refractivity contribution < 1.29 is 0 Å². The summed E-state index contributed by atoms with van der Waals surface area (Å²) in [4.78, 5) is 2.68. The van der Waals surface area contributed by atoms with Crippen molar-refractivity contribution >= 4 is 0 Å². The number of hydrogen-bond acceptors (Lipinski definition) is 1. The Labute approximate surface area is 89.9 Å². The minimum absolute atomic E-state index is 0.873. The van der Waals surface area contributed by atoms with Crippen LogP contribution in [0, 0.1) is 11.8 Å². The summed E-state index contributed by atoms with van der Waals surface area (Å²) < 4.78 is 0. The fourth-order valence-electron chi connectivity index (χ4n) is 2.31. The Balaban J connectivity index is 2.26. The Morgan fingerprint density at radius 1 is 0.929 bits per heavy atom. The average Bonchev–Trinajstić information content (AvgIpc) is 2.45. The summed E-state index contributed by atoms with van der Waals surface area (Å²) in [7, 11) is 0. The highest BCUT2D eigenvalue weighted by Gasteiger charge is 2.15. The molecule has 1 rings (SSSR count). The van der Waals surface area contributed by atoms with Gasteiger partial charge in [0.1, 0.15) is 0 Å². The Kier molecular flexibility index (Phi) is 5.54. The van der Waals surface area contributed by atoms with E-state index in [9.17, 15) is 0 Å². The first kappa shape index (κ1) is 12.0. The van der Waals surface area contributed by atoms with Crippen molar-refractivity contribution in [1.82, 2.24) is 4.90 Å². The van der Waals surface area contributed by atoms with E-state index in [4.69, 9.17) is 0 Å². The van der Waals surface area contributed by atoms with Gasteiger partial charge in [0.2, 0.25) is 0 Å². The zero-order chi connectivity index (χ0) is 10.4. The molecular weight excluding hydrogens is 170 g/mol. The molecule has 0 spiro atoms. The molecule has 1 fully saturated rings. The van der Waals surface area contributed by atoms with E-state index in [2.05, 4.69) is 25.7 Å². The third kappa shape index (κ3) is 4.00. The molecule has 0 aromatic rings. The fourth-order valence-corrected chi connectivity index (χ4v) is 2.31. The van der Waals surface area contributed by atoms with Crippen molar-refractivity contribution in [3.63, 3.8) is 0 Å². The summed E-state index contributed by atoms with van der Waals surface area (Å²) in [5.41, 5.74) is 0. The Hall–Kier alpha value is -0.0400. The second-order valence-corrected chi connectivity index (χ2v) is 5.08. The van der Waals surface area contributed by atoms with Crippen LogP contribution in [0.15, 0.2) is 0 Å². The minimum atomic E-state index is 0.873. The summed E-state index contributed by atoms with van der Waals surface area (Å²) in [6.07, 6.45) is 7.08. The lowest BCUT2D eigenvalue weighted by molar-refractivity contribution is 0.209. The molecule has 1 saturated heterocycles. The van der Waals surface area contributed by atoms with Crippen molar-refractivity contribution in [3.8, 4) is 0 Å². The van der Waals surface area contributed by atoms with Crippen molar-refractivity contribution in [1.29, 1.82) is 0 Å². The second kappa shape index (κ2) is 6.44. The Bertz CT molecular complexity index is 136. The molecule has 14 heavy (non-hydrogen) atoms. The topological polar surface area (TPSA) is 3.24 Å². The van der Waals surface area contributed by atoms with Crippen LogP contribution in [-0.4, -0.2) is 24.5 Å². The van der Waals surface area contributed by atoms with E-state index in [1.54, 1.807) is 0 Å². The van der Waals surface area contributed by atoms with Gasteiger partial charge in [0, 0.05) is 6.54 Å². The highest BCUT2D eigenvalue weighted by molar-refractivity contribution is 4.69. The molecule has 2 atom stereocenters. The fraction of sp³-hybridized carbons (Fsp3) is 1.00. The SMILES string of the molecule is CCC(C)C(C)CN1CCCCCC1. The van der Waals surface area contributed by atoms with Crippen LogP contribution in [-0.2, 0) is 0 Å². The molecule has 0 radical (unpaired) electrons. The molecule has 0 amide bonds. The summed E-state index contributed by atoms with van der Waals surface area (Å²) >= 11 is 0.